The Labute approximate surface area is 248 Å². The Kier molecular flexibility index (Phi) is 9.42. The normalized spacial score (nSPS) is 12.0. The number of pyridine rings is 1. The predicted octanol–water partition coefficient (Wildman–Crippen LogP) is 6.46. The number of ether oxygens (including phenoxy) is 2. The highest BCUT2D eigenvalue weighted by Gasteiger charge is 2.32. The van der Waals surface area contributed by atoms with Gasteiger partial charge in [0.25, 0.3) is 5.56 Å². The van der Waals surface area contributed by atoms with Crippen molar-refractivity contribution in [2.75, 3.05) is 26.1 Å². The second-order valence-corrected chi connectivity index (χ2v) is 10.6. The number of carbonyl (C=O) groups is 1. The average molecular weight is 600 g/mol. The molecular formula is C30H32Cl2N4O5. The van der Waals surface area contributed by atoms with Gasteiger partial charge in [0.2, 0.25) is 0 Å². The third kappa shape index (κ3) is 6.27. The van der Waals surface area contributed by atoms with Crippen molar-refractivity contribution in [1.82, 2.24) is 14.1 Å². The van der Waals surface area contributed by atoms with Crippen LogP contribution in [0.4, 0.5) is 5.69 Å². The molecule has 0 aliphatic rings. The Morgan fingerprint density at radius 1 is 1.12 bits per heavy atom. The van der Waals surface area contributed by atoms with E-state index in [9.17, 15) is 14.7 Å². The molecular weight excluding hydrogens is 567 g/mol. The summed E-state index contributed by atoms with van der Waals surface area (Å²) in [6.07, 6.45) is 1.64. The maximum absolute atomic E-state index is 12.8. The molecule has 0 aliphatic carbocycles. The fourth-order valence-corrected chi connectivity index (χ4v) is 5.33. The maximum atomic E-state index is 12.8. The van der Waals surface area contributed by atoms with Crippen molar-refractivity contribution in [1.29, 1.82) is 0 Å². The zero-order valence-electron chi connectivity index (χ0n) is 23.4. The lowest BCUT2D eigenvalue weighted by atomic mass is 9.96. The standard InChI is InChI=1S/C30H32Cl2N4O5/c1-17(2)36-27(26(30(38)39)34-28(36)22-8-6-7-9-24(22)41-5)25(21-11-10-19(31)14-18(21)3)33-20-15-23(32)29(37)35(16-20)12-13-40-4/h6-11,14-17,25,33H,12-13H2,1-5H3,(H,38,39). The van der Waals surface area contributed by atoms with Gasteiger partial charge in [-0.05, 0) is 62.2 Å². The Balaban J connectivity index is 2.02. The number of carboxylic acid groups (broad SMARTS) is 1. The number of para-hydroxylation sites is 1. The van der Waals surface area contributed by atoms with Gasteiger partial charge in [-0.3, -0.25) is 4.79 Å². The van der Waals surface area contributed by atoms with Gasteiger partial charge in [0.15, 0.2) is 5.69 Å². The number of hydrogen-bond donors (Lipinski definition) is 2. The molecule has 0 saturated heterocycles. The molecule has 2 heterocycles. The molecule has 2 N–H and O–H groups in total. The van der Waals surface area contributed by atoms with Crippen molar-refractivity contribution < 1.29 is 19.4 Å². The van der Waals surface area contributed by atoms with E-state index in [0.29, 0.717) is 40.1 Å². The largest absolute Gasteiger partial charge is 0.496 e. The minimum absolute atomic E-state index is 0.0169. The third-order valence-corrected chi connectivity index (χ3v) is 7.23. The van der Waals surface area contributed by atoms with Gasteiger partial charge < -0.3 is 29.0 Å². The molecule has 1 atom stereocenters. The van der Waals surface area contributed by atoms with Crippen molar-refractivity contribution in [2.45, 2.75) is 39.4 Å². The highest BCUT2D eigenvalue weighted by atomic mass is 35.5. The minimum atomic E-state index is -1.18. The van der Waals surface area contributed by atoms with Gasteiger partial charge in [0.05, 0.1) is 36.7 Å². The van der Waals surface area contributed by atoms with E-state index in [-0.39, 0.29) is 28.9 Å². The molecule has 11 heteroatoms. The molecule has 2 aromatic heterocycles. The van der Waals surface area contributed by atoms with E-state index < -0.39 is 12.0 Å². The molecule has 0 amide bonds. The van der Waals surface area contributed by atoms with Crippen molar-refractivity contribution in [3.8, 4) is 17.1 Å². The number of rotatable bonds is 11. The van der Waals surface area contributed by atoms with Crippen LogP contribution in [0, 0.1) is 6.92 Å². The van der Waals surface area contributed by atoms with Gasteiger partial charge in [-0.15, -0.1) is 0 Å². The topological polar surface area (TPSA) is 108 Å². The van der Waals surface area contributed by atoms with Crippen LogP contribution < -0.4 is 15.6 Å². The summed E-state index contributed by atoms with van der Waals surface area (Å²) >= 11 is 12.7. The molecule has 0 bridgehead atoms. The van der Waals surface area contributed by atoms with Gasteiger partial charge in [-0.25, -0.2) is 9.78 Å². The first-order chi connectivity index (χ1) is 19.6. The Bertz CT molecular complexity index is 1630. The SMILES string of the molecule is COCCn1cc(NC(c2ccc(Cl)cc2C)c2c(C(=O)O)nc(-c3ccccc3OC)n2C(C)C)cc(Cl)c1=O. The molecule has 41 heavy (non-hydrogen) atoms. The molecule has 216 valence electrons. The molecule has 2 aromatic carbocycles. The summed E-state index contributed by atoms with van der Waals surface area (Å²) < 4.78 is 14.1. The van der Waals surface area contributed by atoms with Gasteiger partial charge in [0.1, 0.15) is 16.6 Å². The Morgan fingerprint density at radius 2 is 1.85 bits per heavy atom. The number of aromatic carboxylic acids is 1. The van der Waals surface area contributed by atoms with Crippen molar-refractivity contribution in [3.05, 3.63) is 97.6 Å². The van der Waals surface area contributed by atoms with E-state index >= 15 is 0 Å². The summed E-state index contributed by atoms with van der Waals surface area (Å²) in [7, 11) is 3.11. The first-order valence-corrected chi connectivity index (χ1v) is 13.7. The zero-order valence-corrected chi connectivity index (χ0v) is 25.0. The van der Waals surface area contributed by atoms with Crippen LogP contribution in [-0.2, 0) is 11.3 Å². The van der Waals surface area contributed by atoms with Crippen LogP contribution in [0.25, 0.3) is 11.4 Å². The molecule has 0 saturated carbocycles. The van der Waals surface area contributed by atoms with E-state index in [2.05, 4.69) is 10.3 Å². The lowest BCUT2D eigenvalue weighted by Crippen LogP contribution is -2.25. The summed E-state index contributed by atoms with van der Waals surface area (Å²) in [4.78, 5) is 30.1. The van der Waals surface area contributed by atoms with E-state index in [1.807, 2.05) is 55.7 Å². The first-order valence-electron chi connectivity index (χ1n) is 13.0. The third-order valence-electron chi connectivity index (χ3n) is 6.72. The summed E-state index contributed by atoms with van der Waals surface area (Å²) in [6, 6.07) is 13.4. The highest BCUT2D eigenvalue weighted by Crippen LogP contribution is 2.39. The first kappa shape index (κ1) is 30.2. The number of nitrogens with one attached hydrogen (secondary N) is 1. The number of imidazole rings is 1. The van der Waals surface area contributed by atoms with Crippen molar-refractivity contribution in [2.24, 2.45) is 0 Å². The number of benzene rings is 2. The lowest BCUT2D eigenvalue weighted by Gasteiger charge is -2.27. The number of aromatic nitrogens is 3. The summed E-state index contributed by atoms with van der Waals surface area (Å²) in [5.74, 6) is -0.171. The van der Waals surface area contributed by atoms with Crippen LogP contribution in [0.1, 0.15) is 53.2 Å². The lowest BCUT2D eigenvalue weighted by molar-refractivity contribution is 0.0689. The molecule has 0 spiro atoms. The average Bonchev–Trinajstić information content (AvgIpc) is 3.34. The second-order valence-electron chi connectivity index (χ2n) is 9.78. The number of nitrogens with zero attached hydrogens (tertiary/aromatic N) is 3. The van der Waals surface area contributed by atoms with Crippen molar-refractivity contribution in [3.63, 3.8) is 0 Å². The fraction of sp³-hybridized carbons (Fsp3) is 0.300. The predicted molar refractivity (Wildman–Crippen MR) is 161 cm³/mol. The maximum Gasteiger partial charge on any atom is 0.356 e. The summed E-state index contributed by atoms with van der Waals surface area (Å²) in [6.45, 7) is 6.43. The second kappa shape index (κ2) is 12.8. The minimum Gasteiger partial charge on any atom is -0.496 e. The number of halogens is 2. The smallest absolute Gasteiger partial charge is 0.356 e. The fourth-order valence-electron chi connectivity index (χ4n) is 4.88. The Hall–Kier alpha value is -3.79. The van der Waals surface area contributed by atoms with Crippen LogP contribution in [0.15, 0.2) is 59.5 Å². The molecule has 0 aliphatic heterocycles. The number of carboxylic acids is 1. The molecule has 9 nitrogen and oxygen atoms in total. The van der Waals surface area contributed by atoms with Crippen LogP contribution in [0.2, 0.25) is 10.0 Å². The van der Waals surface area contributed by atoms with Crippen LogP contribution in [0.3, 0.4) is 0 Å². The van der Waals surface area contributed by atoms with Crippen molar-refractivity contribution >= 4 is 34.9 Å². The summed E-state index contributed by atoms with van der Waals surface area (Å²) in [5.41, 5.74) is 2.72. The molecule has 0 fully saturated rings. The molecule has 1 unspecified atom stereocenters. The zero-order chi connectivity index (χ0) is 29.8. The van der Waals surface area contributed by atoms with Gasteiger partial charge in [-0.1, -0.05) is 41.4 Å². The van der Waals surface area contributed by atoms with E-state index in [1.54, 1.807) is 32.5 Å². The van der Waals surface area contributed by atoms with Crippen LogP contribution in [-0.4, -0.2) is 46.0 Å². The molecule has 0 radical (unpaired) electrons. The molecule has 4 aromatic rings. The van der Waals surface area contributed by atoms with E-state index in [1.165, 1.54) is 10.6 Å². The number of methoxy groups -OCH3 is 2. The van der Waals surface area contributed by atoms with E-state index in [0.717, 1.165) is 11.1 Å². The number of anilines is 1. The van der Waals surface area contributed by atoms with Crippen LogP contribution >= 0.6 is 23.2 Å². The van der Waals surface area contributed by atoms with Crippen LogP contribution in [0.5, 0.6) is 5.75 Å². The monoisotopic (exact) mass is 598 g/mol. The highest BCUT2D eigenvalue weighted by molar-refractivity contribution is 6.31. The number of hydrogen-bond acceptors (Lipinski definition) is 6. The van der Waals surface area contributed by atoms with Gasteiger partial charge in [-0.2, -0.15) is 0 Å². The number of aryl methyl sites for hydroxylation is 1. The van der Waals surface area contributed by atoms with E-state index in [4.69, 9.17) is 32.7 Å². The Morgan fingerprint density at radius 3 is 2.49 bits per heavy atom. The van der Waals surface area contributed by atoms with Gasteiger partial charge in [0, 0.05) is 30.9 Å². The molecule has 4 rings (SSSR count). The van der Waals surface area contributed by atoms with Gasteiger partial charge >= 0.3 is 5.97 Å². The summed E-state index contributed by atoms with van der Waals surface area (Å²) in [5, 5.41) is 14.4. The quantitative estimate of drug-likeness (QED) is 0.204.